The Morgan fingerprint density at radius 3 is 0.837 bits per heavy atom. The van der Waals surface area contributed by atoms with Crippen molar-refractivity contribution in [3.63, 3.8) is 0 Å². The van der Waals surface area contributed by atoms with Crippen molar-refractivity contribution in [3.05, 3.63) is 0 Å². The molecule has 8 heteroatoms. The van der Waals surface area contributed by atoms with Crippen molar-refractivity contribution in [2.24, 2.45) is 5.41 Å². The standard InChI is InChI=1S/C41H88N2O4.2BrH/c1-9-17-19-21-23-25-27-29-33-44-37-41(39-46-35-31-42(11-3,12-4)13-5,40-47-36-32-43(14-6,15-7)16-8)38-45-34-30-28-26-24-22-20-18-10-2;;/h9-40H2,1-8H3;2*1H/q+2;;/p-2. The molecule has 0 saturated carbocycles. The molecule has 0 aliphatic carbocycles. The lowest BCUT2D eigenvalue weighted by Crippen LogP contribution is -3.00. The molecule has 0 radical (unpaired) electrons. The second-order valence-corrected chi connectivity index (χ2v) is 14.7. The zero-order chi connectivity index (χ0) is 35.0. The van der Waals surface area contributed by atoms with Crippen LogP contribution >= 0.6 is 0 Å². The Morgan fingerprint density at radius 2 is 0.571 bits per heavy atom. The number of rotatable bonds is 38. The fraction of sp³-hybridized carbons (Fsp3) is 1.00. The van der Waals surface area contributed by atoms with Gasteiger partial charge in [-0.25, -0.2) is 0 Å². The van der Waals surface area contributed by atoms with E-state index in [-0.39, 0.29) is 39.4 Å². The SMILES string of the molecule is CCCCCCCCCCOCC(COCCCCCCCCCC)(COCC[N+](CC)(CC)CC)COCC[N+](CC)(CC)CC.[Br-].[Br-]. The summed E-state index contributed by atoms with van der Waals surface area (Å²) in [6.07, 6.45) is 21.1. The normalized spacial score (nSPS) is 12.2. The van der Waals surface area contributed by atoms with Crippen LogP contribution in [0.3, 0.4) is 0 Å². The van der Waals surface area contributed by atoms with Crippen LogP contribution in [0.5, 0.6) is 0 Å². The van der Waals surface area contributed by atoms with Crippen LogP contribution in [0.1, 0.15) is 158 Å². The third-order valence-corrected chi connectivity index (χ3v) is 11.4. The fourth-order valence-electron chi connectivity index (χ4n) is 6.89. The van der Waals surface area contributed by atoms with Gasteiger partial charge < -0.3 is 61.9 Å². The molecule has 0 unspecified atom stereocenters. The molecular formula is C41H88Br2N2O4. The quantitative estimate of drug-likeness (QED) is 0.0696. The Kier molecular flexibility index (Phi) is 40.9. The molecule has 0 aliphatic rings. The molecule has 0 rings (SSSR count). The minimum atomic E-state index is -0.277. The first kappa shape index (κ1) is 54.1. The van der Waals surface area contributed by atoms with Crippen LogP contribution in [-0.4, -0.2) is 114 Å². The van der Waals surface area contributed by atoms with Gasteiger partial charge in [-0.1, -0.05) is 104 Å². The first-order chi connectivity index (χ1) is 22.9. The Labute approximate surface area is 329 Å². The molecule has 300 valence electrons. The van der Waals surface area contributed by atoms with Crippen molar-refractivity contribution in [2.75, 3.05) is 105 Å². The molecule has 49 heavy (non-hydrogen) atoms. The zero-order valence-electron chi connectivity index (χ0n) is 34.4. The summed E-state index contributed by atoms with van der Waals surface area (Å²) in [4.78, 5) is 0. The molecule has 0 atom stereocenters. The van der Waals surface area contributed by atoms with E-state index in [4.69, 9.17) is 18.9 Å². The lowest BCUT2D eigenvalue weighted by Gasteiger charge is -2.38. The molecule has 0 aromatic heterocycles. The van der Waals surface area contributed by atoms with Crippen LogP contribution < -0.4 is 34.0 Å². The third-order valence-electron chi connectivity index (χ3n) is 11.4. The van der Waals surface area contributed by atoms with E-state index in [1.165, 1.54) is 89.9 Å². The number of nitrogens with zero attached hydrogens (tertiary/aromatic N) is 2. The lowest BCUT2D eigenvalue weighted by atomic mass is 9.92. The van der Waals surface area contributed by atoms with Gasteiger partial charge >= 0.3 is 0 Å². The molecule has 0 N–H and O–H groups in total. The van der Waals surface area contributed by atoms with E-state index >= 15 is 0 Å². The number of halogens is 2. The van der Waals surface area contributed by atoms with Gasteiger partial charge in [0.15, 0.2) is 0 Å². The van der Waals surface area contributed by atoms with Gasteiger partial charge in [-0.15, -0.1) is 0 Å². The lowest BCUT2D eigenvalue weighted by molar-refractivity contribution is -0.923. The Morgan fingerprint density at radius 1 is 0.327 bits per heavy atom. The number of unbranched alkanes of at least 4 members (excludes halogenated alkanes) is 14. The van der Waals surface area contributed by atoms with Crippen molar-refractivity contribution in [1.82, 2.24) is 0 Å². The van der Waals surface area contributed by atoms with Crippen LogP contribution in [-0.2, 0) is 18.9 Å². The summed E-state index contributed by atoms with van der Waals surface area (Å²) in [6, 6.07) is 0. The van der Waals surface area contributed by atoms with E-state index in [9.17, 15) is 0 Å². The van der Waals surface area contributed by atoms with Crippen LogP contribution in [0.25, 0.3) is 0 Å². The highest BCUT2D eigenvalue weighted by Gasteiger charge is 2.34. The van der Waals surface area contributed by atoms with E-state index in [1.807, 2.05) is 0 Å². The molecule has 0 fully saturated rings. The van der Waals surface area contributed by atoms with Gasteiger partial charge in [0.25, 0.3) is 0 Å². The summed E-state index contributed by atoms with van der Waals surface area (Å²) in [5, 5.41) is 0. The molecule has 0 spiro atoms. The topological polar surface area (TPSA) is 36.9 Å². The smallest absolute Gasteiger partial charge is 0.102 e. The van der Waals surface area contributed by atoms with E-state index in [1.54, 1.807) is 0 Å². The van der Waals surface area contributed by atoms with Crippen molar-refractivity contribution < 1.29 is 61.9 Å². The fourth-order valence-corrected chi connectivity index (χ4v) is 6.89. The Balaban J connectivity index is -0.0000106. The van der Waals surface area contributed by atoms with Gasteiger partial charge in [0.2, 0.25) is 0 Å². The molecule has 0 saturated heterocycles. The number of ether oxygens (including phenoxy) is 4. The van der Waals surface area contributed by atoms with Gasteiger partial charge in [0.1, 0.15) is 13.1 Å². The summed E-state index contributed by atoms with van der Waals surface area (Å²) < 4.78 is 28.2. The molecule has 0 amide bonds. The van der Waals surface area contributed by atoms with Crippen molar-refractivity contribution in [1.29, 1.82) is 0 Å². The van der Waals surface area contributed by atoms with Crippen molar-refractivity contribution in [3.8, 4) is 0 Å². The van der Waals surface area contributed by atoms with Crippen LogP contribution in [0.15, 0.2) is 0 Å². The van der Waals surface area contributed by atoms with E-state index < -0.39 is 0 Å². The van der Waals surface area contributed by atoms with Crippen LogP contribution in [0.2, 0.25) is 0 Å². The average Bonchev–Trinajstić information content (AvgIpc) is 3.10. The first-order valence-electron chi connectivity index (χ1n) is 20.9. The maximum atomic E-state index is 6.55. The second-order valence-electron chi connectivity index (χ2n) is 14.7. The molecule has 0 heterocycles. The maximum Gasteiger partial charge on any atom is 0.102 e. The molecule has 0 aliphatic heterocycles. The zero-order valence-corrected chi connectivity index (χ0v) is 37.6. The average molecular weight is 833 g/mol. The molecule has 0 aromatic carbocycles. The number of hydrogen-bond acceptors (Lipinski definition) is 4. The maximum absolute atomic E-state index is 6.55. The summed E-state index contributed by atoms with van der Waals surface area (Å²) in [6.45, 7) is 33.2. The minimum Gasteiger partial charge on any atom is -1.00 e. The van der Waals surface area contributed by atoms with Gasteiger partial charge in [0.05, 0.1) is 84.3 Å². The predicted octanol–water partition coefficient (Wildman–Crippen LogP) is 4.08. The summed E-state index contributed by atoms with van der Waals surface area (Å²) >= 11 is 0. The summed E-state index contributed by atoms with van der Waals surface area (Å²) in [5.74, 6) is 0. The largest absolute Gasteiger partial charge is 1.00 e. The third kappa shape index (κ3) is 27.0. The highest BCUT2D eigenvalue weighted by molar-refractivity contribution is 4.79. The highest BCUT2D eigenvalue weighted by atomic mass is 79.9. The Bertz CT molecular complexity index is 580. The van der Waals surface area contributed by atoms with Gasteiger partial charge in [0, 0.05) is 13.2 Å². The van der Waals surface area contributed by atoms with Gasteiger partial charge in [-0.05, 0) is 54.4 Å². The summed E-state index contributed by atoms with van der Waals surface area (Å²) in [5.41, 5.74) is -0.277. The molecular weight excluding hydrogens is 744 g/mol. The van der Waals surface area contributed by atoms with E-state index in [2.05, 4.69) is 55.4 Å². The summed E-state index contributed by atoms with van der Waals surface area (Å²) in [7, 11) is 0. The molecule has 0 bridgehead atoms. The molecule has 0 aromatic rings. The Hall–Kier alpha value is 0.720. The van der Waals surface area contributed by atoms with Gasteiger partial charge in [-0.2, -0.15) is 0 Å². The number of likely N-dealkylation sites (N-methyl/N-ethyl adjacent to an activating group) is 2. The predicted molar refractivity (Wildman–Crippen MR) is 204 cm³/mol. The van der Waals surface area contributed by atoms with Gasteiger partial charge in [-0.3, -0.25) is 0 Å². The van der Waals surface area contributed by atoms with Crippen LogP contribution in [0.4, 0.5) is 0 Å². The van der Waals surface area contributed by atoms with Crippen molar-refractivity contribution in [2.45, 2.75) is 158 Å². The monoisotopic (exact) mass is 831 g/mol. The minimum absolute atomic E-state index is 0. The van der Waals surface area contributed by atoms with E-state index in [0.717, 1.165) is 101 Å². The van der Waals surface area contributed by atoms with E-state index in [0.29, 0.717) is 26.4 Å². The second kappa shape index (κ2) is 37.1. The molecule has 6 nitrogen and oxygen atoms in total. The highest BCUT2D eigenvalue weighted by Crippen LogP contribution is 2.23. The van der Waals surface area contributed by atoms with Crippen molar-refractivity contribution >= 4 is 0 Å². The first-order valence-corrected chi connectivity index (χ1v) is 20.9. The number of hydrogen-bond donors (Lipinski definition) is 0. The number of quaternary nitrogens is 2. The van der Waals surface area contributed by atoms with Crippen LogP contribution in [0, 0.1) is 5.41 Å².